The highest BCUT2D eigenvalue weighted by atomic mass is 35.5. The van der Waals surface area contributed by atoms with Gasteiger partial charge in [-0.15, -0.1) is 0 Å². The van der Waals surface area contributed by atoms with Crippen LogP contribution in [0.1, 0.15) is 23.0 Å². The van der Waals surface area contributed by atoms with Gasteiger partial charge >= 0.3 is 6.03 Å². The quantitative estimate of drug-likeness (QED) is 0.334. The fourth-order valence-corrected chi connectivity index (χ4v) is 5.21. The Morgan fingerprint density at radius 3 is 2.39 bits per heavy atom. The molecule has 0 aliphatic heterocycles. The van der Waals surface area contributed by atoms with Gasteiger partial charge in [0.15, 0.2) is 0 Å². The predicted molar refractivity (Wildman–Crippen MR) is 138 cm³/mol. The second-order valence-corrected chi connectivity index (χ2v) is 10.1. The highest BCUT2D eigenvalue weighted by Gasteiger charge is 2.25. The number of nitrogens with zero attached hydrogens (tertiary/aromatic N) is 2. The lowest BCUT2D eigenvalue weighted by Crippen LogP contribution is -2.42. The number of urea groups is 1. The van der Waals surface area contributed by atoms with Crippen LogP contribution in [-0.2, 0) is 23.0 Å². The maximum atomic E-state index is 12.9. The van der Waals surface area contributed by atoms with E-state index >= 15 is 0 Å². The molecule has 0 bridgehead atoms. The van der Waals surface area contributed by atoms with Crippen molar-refractivity contribution in [2.45, 2.75) is 23.9 Å². The third-order valence-corrected chi connectivity index (χ3v) is 7.34. The fraction of sp³-hybridized carbons (Fsp3) is 0.154. The number of benzene rings is 3. The Balaban J connectivity index is 1.58. The Morgan fingerprint density at radius 1 is 1.00 bits per heavy atom. The number of carbonyl (C=O) groups excluding carboxylic acids is 1. The first-order chi connectivity index (χ1) is 17.4. The molecule has 0 aliphatic carbocycles. The molecule has 0 spiro atoms. The van der Waals surface area contributed by atoms with Crippen LogP contribution in [0.5, 0.6) is 5.75 Å². The summed E-state index contributed by atoms with van der Waals surface area (Å²) in [7, 11) is -2.56. The van der Waals surface area contributed by atoms with Gasteiger partial charge in [-0.3, -0.25) is 0 Å². The maximum absolute atomic E-state index is 12.9. The second-order valence-electron chi connectivity index (χ2n) is 8.01. The standard InChI is InChI=1S/C26H25ClN4O4S/c1-35-21-13-11-20(12-14-21)18-31-16-15-28-25(31)23(17-19-7-3-2-4-8-19)29-26(32)30-36(33,34)24-10-6-5-9-22(24)27/h2-16,23H,17-18H2,1H3,(H2,29,30,32). The van der Waals surface area contributed by atoms with Crippen molar-refractivity contribution in [2.75, 3.05) is 7.11 Å². The van der Waals surface area contributed by atoms with Gasteiger partial charge in [0.05, 0.1) is 18.2 Å². The van der Waals surface area contributed by atoms with Crippen molar-refractivity contribution >= 4 is 27.7 Å². The fourth-order valence-electron chi connectivity index (χ4n) is 3.78. The lowest BCUT2D eigenvalue weighted by molar-refractivity contribution is 0.241. The third-order valence-electron chi connectivity index (χ3n) is 5.51. The summed E-state index contributed by atoms with van der Waals surface area (Å²) in [5.41, 5.74) is 1.97. The SMILES string of the molecule is COc1ccc(Cn2ccnc2C(Cc2ccccc2)NC(=O)NS(=O)(=O)c2ccccc2Cl)cc1. The van der Waals surface area contributed by atoms with Crippen LogP contribution >= 0.6 is 11.6 Å². The minimum Gasteiger partial charge on any atom is -0.497 e. The number of sulfonamides is 1. The molecule has 186 valence electrons. The Hall–Kier alpha value is -3.82. The number of carbonyl (C=O) groups is 1. The first-order valence-electron chi connectivity index (χ1n) is 11.1. The molecule has 2 N–H and O–H groups in total. The smallest absolute Gasteiger partial charge is 0.329 e. The molecule has 4 aromatic rings. The monoisotopic (exact) mass is 524 g/mol. The van der Waals surface area contributed by atoms with Crippen molar-refractivity contribution in [3.05, 3.63) is 113 Å². The number of amides is 2. The molecule has 8 nitrogen and oxygen atoms in total. The molecule has 1 atom stereocenters. The highest BCUT2D eigenvalue weighted by molar-refractivity contribution is 7.90. The molecule has 1 unspecified atom stereocenters. The van der Waals surface area contributed by atoms with Gasteiger partial charge in [-0.05, 0) is 41.8 Å². The molecule has 4 rings (SSSR count). The van der Waals surface area contributed by atoms with Crippen molar-refractivity contribution in [3.63, 3.8) is 0 Å². The van der Waals surface area contributed by atoms with Crippen LogP contribution in [-0.4, -0.2) is 31.1 Å². The number of imidazole rings is 1. The molecule has 2 amide bonds. The number of hydrogen-bond acceptors (Lipinski definition) is 5. The van der Waals surface area contributed by atoms with Gasteiger partial charge in [-0.25, -0.2) is 22.9 Å². The molecule has 3 aromatic carbocycles. The molecule has 0 saturated heterocycles. The molecule has 0 radical (unpaired) electrons. The summed E-state index contributed by atoms with van der Waals surface area (Å²) in [6.45, 7) is 0.506. The van der Waals surface area contributed by atoms with Gasteiger partial charge < -0.3 is 14.6 Å². The summed E-state index contributed by atoms with van der Waals surface area (Å²) in [5.74, 6) is 1.34. The van der Waals surface area contributed by atoms with Gasteiger partial charge in [0, 0.05) is 18.9 Å². The molecule has 1 aromatic heterocycles. The zero-order valence-electron chi connectivity index (χ0n) is 19.5. The Morgan fingerprint density at radius 2 is 1.69 bits per heavy atom. The molecule has 10 heteroatoms. The van der Waals surface area contributed by atoms with Crippen molar-refractivity contribution in [1.82, 2.24) is 19.6 Å². The molecule has 0 fully saturated rings. The van der Waals surface area contributed by atoms with Gasteiger partial charge in [0.2, 0.25) is 0 Å². The van der Waals surface area contributed by atoms with Crippen molar-refractivity contribution in [2.24, 2.45) is 0 Å². The average Bonchev–Trinajstić information content (AvgIpc) is 3.32. The van der Waals surface area contributed by atoms with E-state index in [1.54, 1.807) is 19.4 Å². The van der Waals surface area contributed by atoms with E-state index in [4.69, 9.17) is 16.3 Å². The molecular weight excluding hydrogens is 500 g/mol. The van der Waals surface area contributed by atoms with Gasteiger partial charge in [-0.1, -0.05) is 66.2 Å². The van der Waals surface area contributed by atoms with Crippen molar-refractivity contribution in [1.29, 1.82) is 0 Å². The lowest BCUT2D eigenvalue weighted by Gasteiger charge is -2.21. The van der Waals surface area contributed by atoms with Crippen LogP contribution in [0.2, 0.25) is 5.02 Å². The Bertz CT molecular complexity index is 1420. The predicted octanol–water partition coefficient (Wildman–Crippen LogP) is 4.57. The molecule has 0 aliphatic rings. The number of ether oxygens (including phenoxy) is 1. The molecule has 1 heterocycles. The summed E-state index contributed by atoms with van der Waals surface area (Å²) in [5, 5.41) is 2.80. The summed E-state index contributed by atoms with van der Waals surface area (Å²) in [6, 6.07) is 21.7. The van der Waals surface area contributed by atoms with Crippen LogP contribution in [0.3, 0.4) is 0 Å². The van der Waals surface area contributed by atoms with E-state index in [1.807, 2.05) is 65.4 Å². The number of methoxy groups -OCH3 is 1. The normalized spacial score (nSPS) is 12.1. The van der Waals surface area contributed by atoms with E-state index < -0.39 is 22.1 Å². The van der Waals surface area contributed by atoms with Crippen LogP contribution < -0.4 is 14.8 Å². The average molecular weight is 525 g/mol. The van der Waals surface area contributed by atoms with Gasteiger partial charge in [0.1, 0.15) is 16.5 Å². The van der Waals surface area contributed by atoms with Crippen molar-refractivity contribution in [3.8, 4) is 5.75 Å². The zero-order valence-corrected chi connectivity index (χ0v) is 21.0. The number of hydrogen-bond donors (Lipinski definition) is 2. The van der Waals surface area contributed by atoms with E-state index in [0.29, 0.717) is 18.8 Å². The third kappa shape index (κ3) is 6.24. The maximum Gasteiger partial charge on any atom is 0.329 e. The second kappa shape index (κ2) is 11.3. The minimum atomic E-state index is -4.18. The number of halogens is 1. The van der Waals surface area contributed by atoms with Crippen LogP contribution in [0, 0.1) is 0 Å². The summed E-state index contributed by atoms with van der Waals surface area (Å²) in [4.78, 5) is 17.2. The van der Waals surface area contributed by atoms with E-state index in [0.717, 1.165) is 16.9 Å². The van der Waals surface area contributed by atoms with E-state index in [9.17, 15) is 13.2 Å². The zero-order chi connectivity index (χ0) is 25.5. The van der Waals surface area contributed by atoms with Crippen LogP contribution in [0.4, 0.5) is 4.79 Å². The first kappa shape index (κ1) is 25.3. The molecule has 0 saturated carbocycles. The van der Waals surface area contributed by atoms with E-state index in [-0.39, 0.29) is 9.92 Å². The van der Waals surface area contributed by atoms with Gasteiger partial charge in [0.25, 0.3) is 10.0 Å². The summed E-state index contributed by atoms with van der Waals surface area (Å²) < 4.78 is 34.7. The summed E-state index contributed by atoms with van der Waals surface area (Å²) in [6.07, 6.45) is 3.87. The van der Waals surface area contributed by atoms with Crippen LogP contribution in [0.15, 0.2) is 96.2 Å². The topological polar surface area (TPSA) is 102 Å². The van der Waals surface area contributed by atoms with E-state index in [2.05, 4.69) is 15.0 Å². The molecule has 36 heavy (non-hydrogen) atoms. The Labute approximate surface area is 215 Å². The highest BCUT2D eigenvalue weighted by Crippen LogP contribution is 2.22. The van der Waals surface area contributed by atoms with Gasteiger partial charge in [-0.2, -0.15) is 0 Å². The lowest BCUT2D eigenvalue weighted by atomic mass is 10.1. The van der Waals surface area contributed by atoms with Crippen molar-refractivity contribution < 1.29 is 17.9 Å². The van der Waals surface area contributed by atoms with E-state index in [1.165, 1.54) is 18.2 Å². The summed E-state index contributed by atoms with van der Waals surface area (Å²) >= 11 is 6.03. The molecular formula is C26H25ClN4O4S. The number of rotatable bonds is 9. The van der Waals surface area contributed by atoms with Crippen LogP contribution in [0.25, 0.3) is 0 Å². The largest absolute Gasteiger partial charge is 0.497 e. The minimum absolute atomic E-state index is 0.0219. The number of aromatic nitrogens is 2. The first-order valence-corrected chi connectivity index (χ1v) is 13.0. The Kier molecular flexibility index (Phi) is 7.92. The number of nitrogens with one attached hydrogen (secondary N) is 2.